The molecule has 0 saturated carbocycles. The van der Waals surface area contributed by atoms with Gasteiger partial charge < -0.3 is 15.4 Å². The Balaban J connectivity index is 1.64. The summed E-state index contributed by atoms with van der Waals surface area (Å²) >= 11 is 0. The van der Waals surface area contributed by atoms with Crippen molar-refractivity contribution < 1.29 is 9.53 Å². The van der Waals surface area contributed by atoms with Crippen LogP contribution in [0.2, 0.25) is 0 Å². The number of benzene rings is 2. The van der Waals surface area contributed by atoms with E-state index in [0.29, 0.717) is 23.8 Å². The van der Waals surface area contributed by atoms with Crippen LogP contribution in [-0.4, -0.2) is 24.5 Å². The zero-order valence-electron chi connectivity index (χ0n) is 17.1. The van der Waals surface area contributed by atoms with E-state index in [-0.39, 0.29) is 5.91 Å². The zero-order chi connectivity index (χ0) is 20.6. The van der Waals surface area contributed by atoms with Gasteiger partial charge in [-0.2, -0.15) is 0 Å². The van der Waals surface area contributed by atoms with Gasteiger partial charge >= 0.3 is 0 Å². The molecule has 0 atom stereocenters. The molecule has 0 saturated heterocycles. The van der Waals surface area contributed by atoms with Gasteiger partial charge in [-0.05, 0) is 47.7 Å². The first kappa shape index (κ1) is 20.4. The molecular formula is C24H27N3O2. The largest absolute Gasteiger partial charge is 0.496 e. The molecule has 0 unspecified atom stereocenters. The molecule has 0 aliphatic carbocycles. The molecule has 1 amide bonds. The molecule has 2 aromatic carbocycles. The average Bonchev–Trinajstić information content (AvgIpc) is 2.74. The number of carbonyl (C=O) groups excluding carboxylic acids is 1. The van der Waals surface area contributed by atoms with Crippen LogP contribution in [0.1, 0.15) is 41.3 Å². The standard InChI is InChI=1S/C24H27N3O2/c1-17(2)20-9-5-6-10-21(20)27-24(28)19-13-15-26-23(16-19)25-14-12-18-8-4-7-11-22(18)29-3/h4-11,13,15-17H,12,14H2,1-3H3,(H,25,26)(H,27,28). The highest BCUT2D eigenvalue weighted by Gasteiger charge is 2.12. The number of carbonyl (C=O) groups is 1. The summed E-state index contributed by atoms with van der Waals surface area (Å²) in [7, 11) is 1.67. The molecule has 1 heterocycles. The molecule has 3 rings (SSSR count). The van der Waals surface area contributed by atoms with E-state index >= 15 is 0 Å². The van der Waals surface area contributed by atoms with E-state index in [9.17, 15) is 4.79 Å². The Bertz CT molecular complexity index is 970. The molecule has 0 spiro atoms. The van der Waals surface area contributed by atoms with Crippen LogP contribution < -0.4 is 15.4 Å². The third kappa shape index (κ3) is 5.35. The number of nitrogens with one attached hydrogen (secondary N) is 2. The second-order valence-electron chi connectivity index (χ2n) is 7.11. The fourth-order valence-electron chi connectivity index (χ4n) is 3.21. The Morgan fingerprint density at radius 1 is 1.07 bits per heavy atom. The van der Waals surface area contributed by atoms with Crippen LogP contribution in [0.25, 0.3) is 0 Å². The van der Waals surface area contributed by atoms with Crippen molar-refractivity contribution in [1.82, 2.24) is 4.98 Å². The number of methoxy groups -OCH3 is 1. The van der Waals surface area contributed by atoms with E-state index in [1.54, 1.807) is 25.4 Å². The van der Waals surface area contributed by atoms with Gasteiger partial charge in [0.25, 0.3) is 5.91 Å². The monoisotopic (exact) mass is 389 g/mol. The molecule has 5 nitrogen and oxygen atoms in total. The lowest BCUT2D eigenvalue weighted by atomic mass is 10.0. The Morgan fingerprint density at radius 3 is 2.62 bits per heavy atom. The van der Waals surface area contributed by atoms with Crippen molar-refractivity contribution in [2.75, 3.05) is 24.3 Å². The van der Waals surface area contributed by atoms with Crippen molar-refractivity contribution in [3.05, 3.63) is 83.6 Å². The highest BCUT2D eigenvalue weighted by atomic mass is 16.5. The van der Waals surface area contributed by atoms with Crippen molar-refractivity contribution in [2.24, 2.45) is 0 Å². The van der Waals surface area contributed by atoms with Crippen LogP contribution >= 0.6 is 0 Å². The van der Waals surface area contributed by atoms with Gasteiger partial charge in [0, 0.05) is 24.0 Å². The van der Waals surface area contributed by atoms with Crippen molar-refractivity contribution in [2.45, 2.75) is 26.2 Å². The summed E-state index contributed by atoms with van der Waals surface area (Å²) in [6.45, 7) is 4.91. The predicted octanol–water partition coefficient (Wildman–Crippen LogP) is 5.12. The van der Waals surface area contributed by atoms with Gasteiger partial charge in [0.1, 0.15) is 11.6 Å². The zero-order valence-corrected chi connectivity index (χ0v) is 17.1. The summed E-state index contributed by atoms with van der Waals surface area (Å²) in [5.74, 6) is 1.73. The first-order chi connectivity index (χ1) is 14.1. The number of aromatic nitrogens is 1. The summed E-state index contributed by atoms with van der Waals surface area (Å²) in [6, 6.07) is 19.3. The minimum absolute atomic E-state index is 0.145. The van der Waals surface area contributed by atoms with Gasteiger partial charge in [0.05, 0.1) is 7.11 Å². The Morgan fingerprint density at radius 2 is 1.83 bits per heavy atom. The first-order valence-electron chi connectivity index (χ1n) is 9.80. The number of anilines is 2. The van der Waals surface area contributed by atoms with E-state index in [0.717, 1.165) is 29.0 Å². The normalized spacial score (nSPS) is 10.6. The average molecular weight is 389 g/mol. The van der Waals surface area contributed by atoms with Crippen molar-refractivity contribution >= 4 is 17.4 Å². The van der Waals surface area contributed by atoms with Crippen LogP contribution in [0.3, 0.4) is 0 Å². The molecule has 0 fully saturated rings. The maximum absolute atomic E-state index is 12.7. The van der Waals surface area contributed by atoms with Crippen LogP contribution in [0.4, 0.5) is 11.5 Å². The summed E-state index contributed by atoms with van der Waals surface area (Å²) in [5, 5.41) is 6.31. The van der Waals surface area contributed by atoms with E-state index in [1.807, 2.05) is 48.5 Å². The smallest absolute Gasteiger partial charge is 0.255 e. The molecule has 1 aromatic heterocycles. The lowest BCUT2D eigenvalue weighted by Crippen LogP contribution is -2.15. The van der Waals surface area contributed by atoms with Gasteiger partial charge in [-0.1, -0.05) is 50.2 Å². The summed E-state index contributed by atoms with van der Waals surface area (Å²) in [6.07, 6.45) is 2.44. The predicted molar refractivity (Wildman–Crippen MR) is 118 cm³/mol. The fraction of sp³-hybridized carbons (Fsp3) is 0.250. The number of amides is 1. The molecule has 0 bridgehead atoms. The lowest BCUT2D eigenvalue weighted by molar-refractivity contribution is 0.102. The van der Waals surface area contributed by atoms with E-state index in [2.05, 4.69) is 29.5 Å². The number of para-hydroxylation sites is 2. The number of hydrogen-bond donors (Lipinski definition) is 2. The van der Waals surface area contributed by atoms with Crippen LogP contribution in [0.15, 0.2) is 66.9 Å². The number of ether oxygens (including phenoxy) is 1. The molecule has 0 aliphatic heterocycles. The maximum atomic E-state index is 12.7. The van der Waals surface area contributed by atoms with Gasteiger partial charge in [0.15, 0.2) is 0 Å². The Hall–Kier alpha value is -3.34. The van der Waals surface area contributed by atoms with E-state index in [4.69, 9.17) is 4.74 Å². The minimum Gasteiger partial charge on any atom is -0.496 e. The highest BCUT2D eigenvalue weighted by Crippen LogP contribution is 2.24. The molecular weight excluding hydrogens is 362 g/mol. The Kier molecular flexibility index (Phi) is 6.85. The topological polar surface area (TPSA) is 63.2 Å². The molecule has 29 heavy (non-hydrogen) atoms. The van der Waals surface area contributed by atoms with Gasteiger partial charge in [0.2, 0.25) is 0 Å². The second kappa shape index (κ2) is 9.73. The SMILES string of the molecule is COc1ccccc1CCNc1cc(C(=O)Nc2ccccc2C(C)C)ccn1. The summed E-state index contributed by atoms with van der Waals surface area (Å²) in [4.78, 5) is 17.1. The van der Waals surface area contributed by atoms with Crippen LogP contribution in [0.5, 0.6) is 5.75 Å². The van der Waals surface area contributed by atoms with Gasteiger partial charge in [-0.25, -0.2) is 4.98 Å². The quantitative estimate of drug-likeness (QED) is 0.561. The summed E-state index contributed by atoms with van der Waals surface area (Å²) in [5.41, 5.74) is 3.65. The van der Waals surface area contributed by atoms with Crippen molar-refractivity contribution in [1.29, 1.82) is 0 Å². The van der Waals surface area contributed by atoms with Crippen molar-refractivity contribution in [3.8, 4) is 5.75 Å². The Labute approximate surface area is 172 Å². The van der Waals surface area contributed by atoms with Crippen LogP contribution in [0, 0.1) is 0 Å². The maximum Gasteiger partial charge on any atom is 0.255 e. The molecule has 5 heteroatoms. The minimum atomic E-state index is -0.145. The molecule has 2 N–H and O–H groups in total. The molecule has 0 radical (unpaired) electrons. The third-order valence-electron chi connectivity index (χ3n) is 4.75. The third-order valence-corrected chi connectivity index (χ3v) is 4.75. The molecule has 150 valence electrons. The van der Waals surface area contributed by atoms with Gasteiger partial charge in [-0.3, -0.25) is 4.79 Å². The fourth-order valence-corrected chi connectivity index (χ4v) is 3.21. The summed E-state index contributed by atoms with van der Waals surface area (Å²) < 4.78 is 5.39. The number of nitrogens with zero attached hydrogens (tertiary/aromatic N) is 1. The van der Waals surface area contributed by atoms with E-state index < -0.39 is 0 Å². The van der Waals surface area contributed by atoms with Crippen molar-refractivity contribution in [3.63, 3.8) is 0 Å². The lowest BCUT2D eigenvalue weighted by Gasteiger charge is -2.14. The second-order valence-corrected chi connectivity index (χ2v) is 7.11. The highest BCUT2D eigenvalue weighted by molar-refractivity contribution is 6.05. The van der Waals surface area contributed by atoms with E-state index in [1.165, 1.54) is 0 Å². The van der Waals surface area contributed by atoms with Crippen LogP contribution in [-0.2, 0) is 6.42 Å². The number of pyridine rings is 1. The molecule has 3 aromatic rings. The van der Waals surface area contributed by atoms with Gasteiger partial charge in [-0.15, -0.1) is 0 Å². The first-order valence-corrected chi connectivity index (χ1v) is 9.80. The number of rotatable bonds is 8. The number of hydrogen-bond acceptors (Lipinski definition) is 4. The molecule has 0 aliphatic rings.